The summed E-state index contributed by atoms with van der Waals surface area (Å²) < 4.78 is 5.31. The Morgan fingerprint density at radius 2 is 1.81 bits per heavy atom. The fourth-order valence-electron chi connectivity index (χ4n) is 1.81. The monoisotopic (exact) mass is 244 g/mol. The fourth-order valence-corrected chi connectivity index (χ4v) is 1.90. The second-order valence-electron chi connectivity index (χ2n) is 4.14. The first-order valence-electron chi connectivity index (χ1n) is 6.20. The molecule has 0 aliphatic heterocycles. The van der Waals surface area contributed by atoms with Crippen LogP contribution in [0.5, 0.6) is 0 Å². The van der Waals surface area contributed by atoms with Gasteiger partial charge < -0.3 is 4.52 Å². The molecule has 0 aromatic carbocycles. The molecule has 0 spiro atoms. The minimum atomic E-state index is -0.124. The summed E-state index contributed by atoms with van der Waals surface area (Å²) in [5.74, 6) is 1.80. The second kappa shape index (κ2) is 6.89. The molecule has 0 N–H and O–H groups in total. The van der Waals surface area contributed by atoms with Crippen LogP contribution < -0.4 is 0 Å². The predicted molar refractivity (Wildman–Crippen MR) is 65.7 cm³/mol. The van der Waals surface area contributed by atoms with Gasteiger partial charge in [-0.05, 0) is 19.3 Å². The minimum absolute atomic E-state index is 0.124. The normalized spacial score (nSPS) is 13.3. The van der Waals surface area contributed by atoms with Crippen molar-refractivity contribution in [2.45, 2.75) is 64.2 Å². The molecule has 1 heterocycles. The number of aromatic nitrogens is 2. The molecule has 0 aliphatic carbocycles. The molecule has 0 saturated heterocycles. The van der Waals surface area contributed by atoms with E-state index in [1.807, 2.05) is 6.92 Å². The Morgan fingerprint density at radius 3 is 2.31 bits per heavy atom. The summed E-state index contributed by atoms with van der Waals surface area (Å²) in [6.07, 6.45) is 5.32. The lowest BCUT2D eigenvalue weighted by Crippen LogP contribution is -1.99. The van der Waals surface area contributed by atoms with E-state index in [-0.39, 0.29) is 5.38 Å². The molecule has 1 aromatic rings. The summed E-state index contributed by atoms with van der Waals surface area (Å²) in [6.45, 7) is 6.37. The molecule has 1 unspecified atom stereocenters. The van der Waals surface area contributed by atoms with Crippen LogP contribution in [0.15, 0.2) is 4.52 Å². The van der Waals surface area contributed by atoms with Crippen molar-refractivity contribution in [1.29, 1.82) is 0 Å². The van der Waals surface area contributed by atoms with Crippen LogP contribution in [0.3, 0.4) is 0 Å². The maximum atomic E-state index is 6.08. The smallest absolute Gasteiger partial charge is 0.229 e. The largest absolute Gasteiger partial charge is 0.339 e. The molecule has 0 fully saturated rings. The van der Waals surface area contributed by atoms with Crippen molar-refractivity contribution in [3.05, 3.63) is 11.7 Å². The van der Waals surface area contributed by atoms with Crippen LogP contribution in [0, 0.1) is 0 Å². The topological polar surface area (TPSA) is 38.9 Å². The molecule has 0 radical (unpaired) electrons. The zero-order valence-electron chi connectivity index (χ0n) is 10.4. The quantitative estimate of drug-likeness (QED) is 0.666. The highest BCUT2D eigenvalue weighted by molar-refractivity contribution is 6.20. The molecule has 0 bridgehead atoms. The predicted octanol–water partition coefficient (Wildman–Crippen LogP) is 4.44. The van der Waals surface area contributed by atoms with Gasteiger partial charge in [-0.15, -0.1) is 11.6 Å². The molecule has 4 heteroatoms. The number of halogens is 1. The molecule has 1 atom stereocenters. The minimum Gasteiger partial charge on any atom is -0.339 e. The van der Waals surface area contributed by atoms with Gasteiger partial charge >= 0.3 is 0 Å². The standard InChI is InChI=1S/C12H21ClN2O/c1-4-7-9(8-5-2)12-14-11(15-16-12)10(13)6-3/h9-10H,4-8H2,1-3H3. The van der Waals surface area contributed by atoms with Crippen LogP contribution in [0.25, 0.3) is 0 Å². The summed E-state index contributed by atoms with van der Waals surface area (Å²) in [5, 5.41) is 3.83. The molecular formula is C12H21ClN2O. The van der Waals surface area contributed by atoms with E-state index >= 15 is 0 Å². The Morgan fingerprint density at radius 1 is 1.19 bits per heavy atom. The molecule has 0 amide bonds. The van der Waals surface area contributed by atoms with Gasteiger partial charge in [0.1, 0.15) is 0 Å². The average molecular weight is 245 g/mol. The molecule has 16 heavy (non-hydrogen) atoms. The van der Waals surface area contributed by atoms with Crippen molar-refractivity contribution in [2.24, 2.45) is 0 Å². The SMILES string of the molecule is CCCC(CCC)c1nc(C(Cl)CC)no1. The lowest BCUT2D eigenvalue weighted by Gasteiger charge is -2.09. The van der Waals surface area contributed by atoms with Gasteiger partial charge in [-0.1, -0.05) is 38.8 Å². The van der Waals surface area contributed by atoms with Gasteiger partial charge in [0.05, 0.1) is 5.38 Å². The van der Waals surface area contributed by atoms with Crippen LogP contribution in [-0.2, 0) is 0 Å². The lowest BCUT2D eigenvalue weighted by atomic mass is 9.98. The van der Waals surface area contributed by atoms with Gasteiger partial charge in [0.15, 0.2) is 5.82 Å². The van der Waals surface area contributed by atoms with Gasteiger partial charge in [0.2, 0.25) is 5.89 Å². The molecular weight excluding hydrogens is 224 g/mol. The van der Waals surface area contributed by atoms with E-state index in [0.29, 0.717) is 11.7 Å². The highest BCUT2D eigenvalue weighted by Crippen LogP contribution is 2.27. The Hall–Kier alpha value is -0.570. The Labute approximate surface area is 103 Å². The number of nitrogens with zero attached hydrogens (tertiary/aromatic N) is 2. The highest BCUT2D eigenvalue weighted by atomic mass is 35.5. The van der Waals surface area contributed by atoms with E-state index in [2.05, 4.69) is 24.0 Å². The summed E-state index contributed by atoms with van der Waals surface area (Å²) in [4.78, 5) is 4.41. The summed E-state index contributed by atoms with van der Waals surface area (Å²) in [5.41, 5.74) is 0. The molecule has 1 aromatic heterocycles. The van der Waals surface area contributed by atoms with Gasteiger partial charge in [0, 0.05) is 5.92 Å². The summed E-state index contributed by atoms with van der Waals surface area (Å²) >= 11 is 6.08. The first kappa shape index (κ1) is 13.5. The third-order valence-corrected chi connectivity index (χ3v) is 3.22. The molecule has 92 valence electrons. The third-order valence-electron chi connectivity index (χ3n) is 2.72. The fraction of sp³-hybridized carbons (Fsp3) is 0.833. The van der Waals surface area contributed by atoms with Crippen molar-refractivity contribution in [2.75, 3.05) is 0 Å². The maximum Gasteiger partial charge on any atom is 0.229 e. The Balaban J connectivity index is 2.72. The number of rotatable bonds is 7. The maximum absolute atomic E-state index is 6.08. The van der Waals surface area contributed by atoms with Crippen molar-refractivity contribution < 1.29 is 4.52 Å². The van der Waals surface area contributed by atoms with Crippen LogP contribution in [0.1, 0.15) is 75.9 Å². The van der Waals surface area contributed by atoms with Crippen molar-refractivity contribution in [3.8, 4) is 0 Å². The van der Waals surface area contributed by atoms with Gasteiger partial charge in [-0.25, -0.2) is 0 Å². The molecule has 0 saturated carbocycles. The first-order chi connectivity index (χ1) is 7.72. The number of alkyl halides is 1. The lowest BCUT2D eigenvalue weighted by molar-refractivity contribution is 0.333. The first-order valence-corrected chi connectivity index (χ1v) is 6.64. The van der Waals surface area contributed by atoms with Crippen LogP contribution in [0.4, 0.5) is 0 Å². The van der Waals surface area contributed by atoms with E-state index in [9.17, 15) is 0 Å². The zero-order valence-corrected chi connectivity index (χ0v) is 11.1. The zero-order chi connectivity index (χ0) is 12.0. The summed E-state index contributed by atoms with van der Waals surface area (Å²) in [7, 11) is 0. The third kappa shape index (κ3) is 3.48. The van der Waals surface area contributed by atoms with E-state index in [0.717, 1.165) is 38.0 Å². The van der Waals surface area contributed by atoms with Crippen LogP contribution in [0.2, 0.25) is 0 Å². The summed E-state index contributed by atoms with van der Waals surface area (Å²) in [6, 6.07) is 0. The van der Waals surface area contributed by atoms with Gasteiger partial charge in [-0.3, -0.25) is 0 Å². The Bertz CT molecular complexity index is 295. The van der Waals surface area contributed by atoms with Crippen LogP contribution >= 0.6 is 11.6 Å². The van der Waals surface area contributed by atoms with E-state index in [1.165, 1.54) is 0 Å². The van der Waals surface area contributed by atoms with Crippen molar-refractivity contribution >= 4 is 11.6 Å². The number of hydrogen-bond acceptors (Lipinski definition) is 3. The van der Waals surface area contributed by atoms with Crippen LogP contribution in [-0.4, -0.2) is 10.1 Å². The highest BCUT2D eigenvalue weighted by Gasteiger charge is 2.20. The molecule has 0 aliphatic rings. The van der Waals surface area contributed by atoms with Crippen molar-refractivity contribution in [3.63, 3.8) is 0 Å². The average Bonchev–Trinajstić information content (AvgIpc) is 2.77. The molecule has 3 nitrogen and oxygen atoms in total. The van der Waals surface area contributed by atoms with Gasteiger partial charge in [0.25, 0.3) is 0 Å². The van der Waals surface area contributed by atoms with Gasteiger partial charge in [-0.2, -0.15) is 4.98 Å². The second-order valence-corrected chi connectivity index (χ2v) is 4.67. The van der Waals surface area contributed by atoms with Crippen molar-refractivity contribution in [1.82, 2.24) is 10.1 Å². The van der Waals surface area contributed by atoms with E-state index < -0.39 is 0 Å². The van der Waals surface area contributed by atoms with E-state index in [4.69, 9.17) is 16.1 Å². The Kier molecular flexibility index (Phi) is 5.81. The van der Waals surface area contributed by atoms with E-state index in [1.54, 1.807) is 0 Å². The number of hydrogen-bond donors (Lipinski definition) is 0. The molecule has 1 rings (SSSR count).